The first-order valence-corrected chi connectivity index (χ1v) is 9.46. The van der Waals surface area contributed by atoms with Crippen LogP contribution in [0.25, 0.3) is 0 Å². The highest BCUT2D eigenvalue weighted by Crippen LogP contribution is 2.25. The summed E-state index contributed by atoms with van der Waals surface area (Å²) in [6.07, 6.45) is 5.98. The van der Waals surface area contributed by atoms with Crippen molar-refractivity contribution in [1.29, 1.82) is 0 Å². The number of carbonyl (C=O) groups excluding carboxylic acids is 1. The highest BCUT2D eigenvalue weighted by atomic mass is 16.2. The maximum atomic E-state index is 12.7. The van der Waals surface area contributed by atoms with Gasteiger partial charge in [0.1, 0.15) is 12.2 Å². The molecule has 1 saturated heterocycles. The standard InChI is InChI=1S/C20H23N7O/c1-14-23-19(26-25-14)11-15-4-6-17(7-5-15)24-20(28)27-10-2-3-16(12-27)18-8-9-21-13-22-18/h4-9,13,16H,2-3,10-12H2,1H3,(H,24,28)(H,23,25,26). The van der Waals surface area contributed by atoms with Gasteiger partial charge in [-0.1, -0.05) is 12.1 Å². The number of hydrogen-bond donors (Lipinski definition) is 2. The second-order valence-corrected chi connectivity index (χ2v) is 7.06. The number of aryl methyl sites for hydroxylation is 1. The van der Waals surface area contributed by atoms with Gasteiger partial charge < -0.3 is 10.2 Å². The molecule has 2 amide bonds. The molecule has 4 rings (SSSR count). The monoisotopic (exact) mass is 377 g/mol. The molecule has 8 nitrogen and oxygen atoms in total. The van der Waals surface area contributed by atoms with Crippen LogP contribution in [0.5, 0.6) is 0 Å². The van der Waals surface area contributed by atoms with Crippen molar-refractivity contribution >= 4 is 11.7 Å². The Labute approximate surface area is 163 Å². The summed E-state index contributed by atoms with van der Waals surface area (Å²) < 4.78 is 0. The Kier molecular flexibility index (Phi) is 5.27. The van der Waals surface area contributed by atoms with Gasteiger partial charge >= 0.3 is 6.03 Å². The number of nitrogens with zero attached hydrogens (tertiary/aromatic N) is 5. The minimum absolute atomic E-state index is 0.0731. The first kappa shape index (κ1) is 18.1. The van der Waals surface area contributed by atoms with Gasteiger partial charge in [-0.25, -0.2) is 19.7 Å². The zero-order chi connectivity index (χ0) is 19.3. The molecule has 0 aliphatic carbocycles. The SMILES string of the molecule is Cc1nc(Cc2ccc(NC(=O)N3CCCC(c4ccncn4)C3)cc2)n[nH]1. The van der Waals surface area contributed by atoms with E-state index in [-0.39, 0.29) is 11.9 Å². The van der Waals surface area contributed by atoms with Crippen molar-refractivity contribution in [2.75, 3.05) is 18.4 Å². The van der Waals surface area contributed by atoms with Gasteiger partial charge in [-0.05, 0) is 43.5 Å². The normalized spacial score (nSPS) is 16.8. The number of urea groups is 1. The average Bonchev–Trinajstić information content (AvgIpc) is 3.15. The molecule has 2 aromatic heterocycles. The molecule has 0 radical (unpaired) electrons. The molecule has 0 bridgehead atoms. The molecular weight excluding hydrogens is 354 g/mol. The summed E-state index contributed by atoms with van der Waals surface area (Å²) in [5, 5.41) is 10.00. The molecule has 1 aliphatic heterocycles. The van der Waals surface area contributed by atoms with Crippen molar-refractivity contribution in [1.82, 2.24) is 30.0 Å². The predicted molar refractivity (Wildman–Crippen MR) is 105 cm³/mol. The molecule has 144 valence electrons. The van der Waals surface area contributed by atoms with Gasteiger partial charge in [0.05, 0.1) is 0 Å². The Morgan fingerprint density at radius 2 is 2.14 bits per heavy atom. The van der Waals surface area contributed by atoms with E-state index in [1.54, 1.807) is 12.5 Å². The van der Waals surface area contributed by atoms with Crippen LogP contribution >= 0.6 is 0 Å². The Balaban J connectivity index is 1.35. The molecule has 1 atom stereocenters. The average molecular weight is 377 g/mol. The van der Waals surface area contributed by atoms with Crippen LogP contribution in [-0.4, -0.2) is 49.2 Å². The Morgan fingerprint density at radius 1 is 1.29 bits per heavy atom. The first-order chi connectivity index (χ1) is 13.7. The second-order valence-electron chi connectivity index (χ2n) is 7.06. The summed E-state index contributed by atoms with van der Waals surface area (Å²) in [5.41, 5.74) is 2.88. The van der Waals surface area contributed by atoms with Crippen LogP contribution in [-0.2, 0) is 6.42 Å². The summed E-state index contributed by atoms with van der Waals surface area (Å²) in [5.74, 6) is 1.83. The lowest BCUT2D eigenvalue weighted by Gasteiger charge is -2.32. The van der Waals surface area contributed by atoms with Gasteiger partial charge in [-0.2, -0.15) is 5.10 Å². The van der Waals surface area contributed by atoms with Gasteiger partial charge in [-0.3, -0.25) is 5.10 Å². The summed E-state index contributed by atoms with van der Waals surface area (Å²) in [6, 6.07) is 9.66. The number of benzene rings is 1. The topological polar surface area (TPSA) is 99.7 Å². The zero-order valence-corrected chi connectivity index (χ0v) is 15.8. The number of nitrogens with one attached hydrogen (secondary N) is 2. The third kappa shape index (κ3) is 4.33. The van der Waals surface area contributed by atoms with Crippen molar-refractivity contribution in [3.05, 3.63) is 65.8 Å². The minimum Gasteiger partial charge on any atom is -0.324 e. The van der Waals surface area contributed by atoms with Crippen LogP contribution < -0.4 is 5.32 Å². The molecule has 0 spiro atoms. The molecule has 8 heteroatoms. The maximum Gasteiger partial charge on any atom is 0.321 e. The Bertz CT molecular complexity index is 923. The van der Waals surface area contributed by atoms with Crippen LogP contribution in [0.4, 0.5) is 10.5 Å². The number of amides is 2. The molecule has 28 heavy (non-hydrogen) atoms. The van der Waals surface area contributed by atoms with Gasteiger partial charge in [-0.15, -0.1) is 0 Å². The highest BCUT2D eigenvalue weighted by Gasteiger charge is 2.25. The second kappa shape index (κ2) is 8.16. The van der Waals surface area contributed by atoms with E-state index in [0.29, 0.717) is 13.0 Å². The van der Waals surface area contributed by atoms with Crippen molar-refractivity contribution in [2.24, 2.45) is 0 Å². The number of aromatic nitrogens is 5. The fourth-order valence-electron chi connectivity index (χ4n) is 3.50. The minimum atomic E-state index is -0.0731. The third-order valence-electron chi connectivity index (χ3n) is 4.94. The van der Waals surface area contributed by atoms with E-state index in [9.17, 15) is 4.79 Å². The number of aromatic amines is 1. The van der Waals surface area contributed by atoms with Gasteiger partial charge in [0.2, 0.25) is 0 Å². The maximum absolute atomic E-state index is 12.7. The predicted octanol–water partition coefficient (Wildman–Crippen LogP) is 2.91. The van der Waals surface area contributed by atoms with Crippen molar-refractivity contribution in [2.45, 2.75) is 32.1 Å². The van der Waals surface area contributed by atoms with E-state index in [1.807, 2.05) is 42.2 Å². The number of anilines is 1. The van der Waals surface area contributed by atoms with Gasteiger partial charge in [0, 0.05) is 43.0 Å². The van der Waals surface area contributed by atoms with Crippen molar-refractivity contribution < 1.29 is 4.79 Å². The molecule has 1 aromatic carbocycles. The molecule has 1 fully saturated rings. The van der Waals surface area contributed by atoms with Crippen molar-refractivity contribution in [3.8, 4) is 0 Å². The largest absolute Gasteiger partial charge is 0.324 e. The fraction of sp³-hybridized carbons (Fsp3) is 0.350. The zero-order valence-electron chi connectivity index (χ0n) is 15.8. The number of rotatable bonds is 4. The lowest BCUT2D eigenvalue weighted by Crippen LogP contribution is -2.41. The highest BCUT2D eigenvalue weighted by molar-refractivity contribution is 5.89. The molecular formula is C20H23N7O. The van der Waals surface area contributed by atoms with E-state index in [1.165, 1.54) is 0 Å². The Hall–Kier alpha value is -3.29. The molecule has 2 N–H and O–H groups in total. The quantitative estimate of drug-likeness (QED) is 0.728. The Morgan fingerprint density at radius 3 is 2.86 bits per heavy atom. The molecule has 3 heterocycles. The summed E-state index contributed by atoms with van der Waals surface area (Å²) in [4.78, 5) is 27.2. The smallest absolute Gasteiger partial charge is 0.321 e. The molecule has 1 unspecified atom stereocenters. The molecule has 1 aliphatic rings. The van der Waals surface area contributed by atoms with Crippen LogP contribution in [0, 0.1) is 6.92 Å². The number of carbonyl (C=O) groups is 1. The van der Waals surface area contributed by atoms with E-state index in [2.05, 4.69) is 30.5 Å². The van der Waals surface area contributed by atoms with Gasteiger partial charge in [0.15, 0.2) is 5.82 Å². The number of piperidine rings is 1. The van der Waals surface area contributed by atoms with E-state index in [0.717, 1.165) is 48.0 Å². The van der Waals surface area contributed by atoms with E-state index < -0.39 is 0 Å². The molecule has 0 saturated carbocycles. The van der Waals surface area contributed by atoms with E-state index in [4.69, 9.17) is 0 Å². The van der Waals surface area contributed by atoms with Gasteiger partial charge in [0.25, 0.3) is 0 Å². The number of likely N-dealkylation sites (tertiary alicyclic amines) is 1. The summed E-state index contributed by atoms with van der Waals surface area (Å²) in [7, 11) is 0. The van der Waals surface area contributed by atoms with E-state index >= 15 is 0 Å². The van der Waals surface area contributed by atoms with Crippen LogP contribution in [0.15, 0.2) is 42.9 Å². The number of H-pyrrole nitrogens is 1. The third-order valence-corrected chi connectivity index (χ3v) is 4.94. The lowest BCUT2D eigenvalue weighted by molar-refractivity contribution is 0.192. The summed E-state index contributed by atoms with van der Waals surface area (Å²) >= 11 is 0. The van der Waals surface area contributed by atoms with Crippen LogP contribution in [0.1, 0.15) is 41.7 Å². The lowest BCUT2D eigenvalue weighted by atomic mass is 9.95. The first-order valence-electron chi connectivity index (χ1n) is 9.46. The fourth-order valence-corrected chi connectivity index (χ4v) is 3.50. The molecule has 3 aromatic rings. The van der Waals surface area contributed by atoms with Crippen LogP contribution in [0.2, 0.25) is 0 Å². The van der Waals surface area contributed by atoms with Crippen molar-refractivity contribution in [3.63, 3.8) is 0 Å². The van der Waals surface area contributed by atoms with Crippen LogP contribution in [0.3, 0.4) is 0 Å². The number of hydrogen-bond acceptors (Lipinski definition) is 5. The summed E-state index contributed by atoms with van der Waals surface area (Å²) in [6.45, 7) is 3.31.